The Hall–Kier alpha value is -4.05. The van der Waals surface area contributed by atoms with Gasteiger partial charge in [0.25, 0.3) is 15.9 Å². The van der Waals surface area contributed by atoms with Crippen molar-refractivity contribution in [3.8, 4) is 0 Å². The topological polar surface area (TPSA) is 132 Å². The highest BCUT2D eigenvalue weighted by molar-refractivity contribution is 7.90. The molecule has 0 atom stereocenters. The first-order chi connectivity index (χ1) is 18.2. The van der Waals surface area contributed by atoms with E-state index in [1.54, 1.807) is 12.1 Å². The van der Waals surface area contributed by atoms with Gasteiger partial charge in [-0.25, -0.2) is 22.9 Å². The molecule has 3 rings (SSSR count). The van der Waals surface area contributed by atoms with E-state index < -0.39 is 21.9 Å². The van der Waals surface area contributed by atoms with Crippen molar-refractivity contribution in [2.75, 3.05) is 6.54 Å². The third kappa shape index (κ3) is 8.24. The number of benzene rings is 2. The standard InChI is InChI=1S/C28H31N3O6S/c1-3-23(4-2)37-28(34)25-14-13-22(19-30-25)27(33)31-38(35,36)24-12-8-11-21(17-24)15-16-29-26(32)18-20-9-6-5-7-10-20/h5-14,17,19,23H,3-4,15-16,18H2,1-2H3,(H,29,32)(H,31,33). The summed E-state index contributed by atoms with van der Waals surface area (Å²) >= 11 is 0. The second-order valence-corrected chi connectivity index (χ2v) is 10.3. The number of pyridine rings is 1. The van der Waals surface area contributed by atoms with E-state index in [4.69, 9.17) is 4.74 Å². The molecule has 0 bridgehead atoms. The van der Waals surface area contributed by atoms with Crippen LogP contribution in [0.1, 0.15) is 58.7 Å². The summed E-state index contributed by atoms with van der Waals surface area (Å²) in [5.74, 6) is -1.61. The number of nitrogens with zero attached hydrogens (tertiary/aromatic N) is 1. The fraction of sp³-hybridized carbons (Fsp3) is 0.286. The van der Waals surface area contributed by atoms with Crippen LogP contribution in [-0.2, 0) is 32.4 Å². The lowest BCUT2D eigenvalue weighted by atomic mass is 10.1. The smallest absolute Gasteiger partial charge is 0.357 e. The van der Waals surface area contributed by atoms with Crippen LogP contribution in [-0.4, -0.2) is 43.8 Å². The zero-order valence-corrected chi connectivity index (χ0v) is 22.2. The summed E-state index contributed by atoms with van der Waals surface area (Å²) in [6.45, 7) is 4.15. The van der Waals surface area contributed by atoms with Crippen LogP contribution in [0.2, 0.25) is 0 Å². The Balaban J connectivity index is 1.56. The highest BCUT2D eigenvalue weighted by atomic mass is 32.2. The maximum absolute atomic E-state index is 12.8. The molecule has 0 radical (unpaired) electrons. The molecular formula is C28H31N3O6S. The molecule has 1 aromatic heterocycles. The molecule has 38 heavy (non-hydrogen) atoms. The fourth-order valence-corrected chi connectivity index (χ4v) is 4.66. The van der Waals surface area contributed by atoms with Crippen LogP contribution in [0.5, 0.6) is 0 Å². The van der Waals surface area contributed by atoms with Gasteiger partial charge in [-0.2, -0.15) is 0 Å². The van der Waals surface area contributed by atoms with E-state index in [-0.39, 0.29) is 34.6 Å². The molecule has 0 aliphatic carbocycles. The van der Waals surface area contributed by atoms with Crippen LogP contribution in [0.25, 0.3) is 0 Å². The highest BCUT2D eigenvalue weighted by Gasteiger charge is 2.20. The van der Waals surface area contributed by atoms with Gasteiger partial charge < -0.3 is 10.1 Å². The number of esters is 1. The Morgan fingerprint density at radius 2 is 1.63 bits per heavy atom. The predicted octanol–water partition coefficient (Wildman–Crippen LogP) is 3.45. The van der Waals surface area contributed by atoms with Gasteiger partial charge in [0.2, 0.25) is 5.91 Å². The van der Waals surface area contributed by atoms with Crippen LogP contribution >= 0.6 is 0 Å². The average Bonchev–Trinajstić information content (AvgIpc) is 2.92. The molecule has 200 valence electrons. The van der Waals surface area contributed by atoms with E-state index in [2.05, 4.69) is 10.3 Å². The van der Waals surface area contributed by atoms with Crippen molar-refractivity contribution in [2.45, 2.75) is 50.5 Å². The van der Waals surface area contributed by atoms with Gasteiger partial charge in [0.1, 0.15) is 11.8 Å². The van der Waals surface area contributed by atoms with Gasteiger partial charge in [-0.3, -0.25) is 9.59 Å². The van der Waals surface area contributed by atoms with Crippen LogP contribution in [0.15, 0.2) is 77.8 Å². The van der Waals surface area contributed by atoms with Gasteiger partial charge in [0.05, 0.1) is 16.9 Å². The quantitative estimate of drug-likeness (QED) is 0.338. The van der Waals surface area contributed by atoms with E-state index in [9.17, 15) is 22.8 Å². The number of hydrogen-bond donors (Lipinski definition) is 2. The molecule has 3 aromatic rings. The summed E-state index contributed by atoms with van der Waals surface area (Å²) in [4.78, 5) is 40.8. The molecule has 0 unspecified atom stereocenters. The van der Waals surface area contributed by atoms with Gasteiger partial charge in [-0.05, 0) is 54.7 Å². The van der Waals surface area contributed by atoms with Gasteiger partial charge in [-0.1, -0.05) is 56.3 Å². The number of ether oxygens (including phenoxy) is 1. The molecule has 0 aliphatic rings. The summed E-state index contributed by atoms with van der Waals surface area (Å²) in [6, 6.07) is 18.1. The van der Waals surface area contributed by atoms with E-state index in [0.29, 0.717) is 31.4 Å². The lowest BCUT2D eigenvalue weighted by Crippen LogP contribution is -2.31. The lowest BCUT2D eigenvalue weighted by Gasteiger charge is -2.13. The van der Waals surface area contributed by atoms with Crippen LogP contribution in [0.4, 0.5) is 0 Å². The number of sulfonamides is 1. The molecule has 0 saturated heterocycles. The van der Waals surface area contributed by atoms with Crippen molar-refractivity contribution < 1.29 is 27.5 Å². The molecule has 10 heteroatoms. The first-order valence-electron chi connectivity index (χ1n) is 12.4. The molecule has 2 aromatic carbocycles. The maximum Gasteiger partial charge on any atom is 0.357 e. The lowest BCUT2D eigenvalue weighted by molar-refractivity contribution is -0.120. The van der Waals surface area contributed by atoms with Crippen molar-refractivity contribution in [3.05, 3.63) is 95.3 Å². The third-order valence-electron chi connectivity index (χ3n) is 5.80. The Morgan fingerprint density at radius 3 is 2.29 bits per heavy atom. The van der Waals surface area contributed by atoms with Gasteiger partial charge in [-0.15, -0.1) is 0 Å². The SMILES string of the molecule is CCC(CC)OC(=O)c1ccc(C(=O)NS(=O)(=O)c2cccc(CCNC(=O)Cc3ccccc3)c2)cn1. The van der Waals surface area contributed by atoms with Crippen LogP contribution in [0.3, 0.4) is 0 Å². The molecular weight excluding hydrogens is 506 g/mol. The van der Waals surface area contributed by atoms with Crippen molar-refractivity contribution in [1.82, 2.24) is 15.0 Å². The highest BCUT2D eigenvalue weighted by Crippen LogP contribution is 2.14. The zero-order valence-electron chi connectivity index (χ0n) is 21.3. The van der Waals surface area contributed by atoms with Crippen molar-refractivity contribution in [2.24, 2.45) is 0 Å². The van der Waals surface area contributed by atoms with Gasteiger partial charge >= 0.3 is 5.97 Å². The number of hydrogen-bond acceptors (Lipinski definition) is 7. The summed E-state index contributed by atoms with van der Waals surface area (Å²) in [6.07, 6.45) is 2.92. The van der Waals surface area contributed by atoms with E-state index in [1.807, 2.05) is 48.9 Å². The maximum atomic E-state index is 12.8. The third-order valence-corrected chi connectivity index (χ3v) is 7.13. The van der Waals surface area contributed by atoms with Gasteiger partial charge in [0.15, 0.2) is 0 Å². The second kappa shape index (κ2) is 13.5. The summed E-state index contributed by atoms with van der Waals surface area (Å²) in [7, 11) is -4.17. The Morgan fingerprint density at radius 1 is 0.921 bits per heavy atom. The van der Waals surface area contributed by atoms with E-state index >= 15 is 0 Å². The Bertz CT molecular complexity index is 1350. The molecule has 0 saturated carbocycles. The summed E-state index contributed by atoms with van der Waals surface area (Å²) < 4.78 is 33.0. The number of amides is 2. The monoisotopic (exact) mass is 537 g/mol. The molecule has 9 nitrogen and oxygen atoms in total. The van der Waals surface area contributed by atoms with Crippen molar-refractivity contribution >= 4 is 27.8 Å². The molecule has 0 spiro atoms. The average molecular weight is 538 g/mol. The molecule has 2 amide bonds. The normalized spacial score (nSPS) is 11.1. The summed E-state index contributed by atoms with van der Waals surface area (Å²) in [5.41, 5.74) is 1.59. The Kier molecular flexibility index (Phi) is 10.1. The van der Waals surface area contributed by atoms with Crippen molar-refractivity contribution in [3.63, 3.8) is 0 Å². The number of carbonyl (C=O) groups is 3. The van der Waals surface area contributed by atoms with Crippen molar-refractivity contribution in [1.29, 1.82) is 0 Å². The van der Waals surface area contributed by atoms with Crippen LogP contribution < -0.4 is 10.0 Å². The first kappa shape index (κ1) is 28.5. The molecule has 2 N–H and O–H groups in total. The number of nitrogens with one attached hydrogen (secondary N) is 2. The largest absolute Gasteiger partial charge is 0.458 e. The molecule has 1 heterocycles. The number of carbonyl (C=O) groups excluding carboxylic acids is 3. The number of aromatic nitrogens is 1. The minimum absolute atomic E-state index is 0.0232. The first-order valence-corrected chi connectivity index (χ1v) is 13.8. The zero-order chi connectivity index (χ0) is 27.5. The fourth-order valence-electron chi connectivity index (χ4n) is 3.61. The molecule has 0 fully saturated rings. The Labute approximate surface area is 222 Å². The summed E-state index contributed by atoms with van der Waals surface area (Å²) in [5, 5.41) is 2.82. The second-order valence-electron chi connectivity index (χ2n) is 8.62. The van der Waals surface area contributed by atoms with E-state index in [0.717, 1.165) is 11.8 Å². The van der Waals surface area contributed by atoms with Crippen LogP contribution in [0, 0.1) is 0 Å². The minimum Gasteiger partial charge on any atom is -0.458 e. The van der Waals surface area contributed by atoms with Gasteiger partial charge in [0, 0.05) is 12.7 Å². The minimum atomic E-state index is -4.17. The van der Waals surface area contributed by atoms with E-state index in [1.165, 1.54) is 24.3 Å². The number of rotatable bonds is 12. The predicted molar refractivity (Wildman–Crippen MR) is 142 cm³/mol. The molecule has 0 aliphatic heterocycles.